The Balaban J connectivity index is 1.72. The summed E-state index contributed by atoms with van der Waals surface area (Å²) in [5.41, 5.74) is 1.49. The van der Waals surface area contributed by atoms with Crippen LogP contribution in [0.4, 0.5) is 5.69 Å². The molecule has 0 saturated heterocycles. The smallest absolute Gasteiger partial charge is 0.306 e. The van der Waals surface area contributed by atoms with Gasteiger partial charge in [0.25, 0.3) is 0 Å². The highest BCUT2D eigenvalue weighted by atomic mass is 32.2. The number of carboxylic acids is 1. The highest BCUT2D eigenvalue weighted by molar-refractivity contribution is 7.89. The molecular weight excluding hydrogens is 344 g/mol. The number of carbonyl (C=O) groups excluding carboxylic acids is 1. The Morgan fingerprint density at radius 1 is 1.16 bits per heavy atom. The highest BCUT2D eigenvalue weighted by Gasteiger charge is 2.29. The van der Waals surface area contributed by atoms with Crippen LogP contribution in [0.15, 0.2) is 23.1 Å². The minimum absolute atomic E-state index is 0.0531. The van der Waals surface area contributed by atoms with Gasteiger partial charge >= 0.3 is 5.97 Å². The summed E-state index contributed by atoms with van der Waals surface area (Å²) in [4.78, 5) is 22.8. The van der Waals surface area contributed by atoms with Crippen LogP contribution in [-0.2, 0) is 26.0 Å². The van der Waals surface area contributed by atoms with Crippen molar-refractivity contribution in [3.05, 3.63) is 23.8 Å². The average Bonchev–Trinajstić information content (AvgIpc) is 2.74. The van der Waals surface area contributed by atoms with Gasteiger partial charge < -0.3 is 10.4 Å². The molecular formula is C17H22N2O5S. The second-order valence-electron chi connectivity index (χ2n) is 6.73. The molecule has 1 heterocycles. The zero-order valence-corrected chi connectivity index (χ0v) is 14.6. The van der Waals surface area contributed by atoms with E-state index in [4.69, 9.17) is 5.11 Å². The molecule has 3 rings (SSSR count). The Morgan fingerprint density at radius 3 is 2.56 bits per heavy atom. The molecule has 0 unspecified atom stereocenters. The number of hydrogen-bond acceptors (Lipinski definition) is 4. The number of rotatable bonds is 4. The van der Waals surface area contributed by atoms with Crippen molar-refractivity contribution in [1.29, 1.82) is 0 Å². The number of anilines is 1. The molecule has 3 N–H and O–H groups in total. The number of aliphatic carboxylic acids is 1. The van der Waals surface area contributed by atoms with Gasteiger partial charge in [0, 0.05) is 18.2 Å². The first-order valence-corrected chi connectivity index (χ1v) is 10.0. The molecule has 1 aliphatic heterocycles. The van der Waals surface area contributed by atoms with Crippen LogP contribution in [0, 0.1) is 5.92 Å². The summed E-state index contributed by atoms with van der Waals surface area (Å²) in [5, 5.41) is 11.8. The van der Waals surface area contributed by atoms with Crippen molar-refractivity contribution in [1.82, 2.24) is 4.72 Å². The number of hydrogen-bond donors (Lipinski definition) is 3. The van der Waals surface area contributed by atoms with E-state index in [1.807, 2.05) is 0 Å². The van der Waals surface area contributed by atoms with E-state index in [1.165, 1.54) is 6.07 Å². The van der Waals surface area contributed by atoms with Crippen molar-refractivity contribution in [2.45, 2.75) is 55.9 Å². The van der Waals surface area contributed by atoms with Crippen LogP contribution in [0.5, 0.6) is 0 Å². The molecule has 0 radical (unpaired) electrons. The zero-order chi connectivity index (χ0) is 18.0. The third kappa shape index (κ3) is 4.19. The summed E-state index contributed by atoms with van der Waals surface area (Å²) in [6.07, 6.45) is 3.80. The number of carboxylic acid groups (broad SMARTS) is 1. The van der Waals surface area contributed by atoms with E-state index in [1.54, 1.807) is 12.1 Å². The van der Waals surface area contributed by atoms with Crippen LogP contribution < -0.4 is 10.0 Å². The van der Waals surface area contributed by atoms with Gasteiger partial charge in [0.15, 0.2) is 0 Å². The Kier molecular flexibility index (Phi) is 5.10. The summed E-state index contributed by atoms with van der Waals surface area (Å²) in [6.45, 7) is 0. The number of carbonyl (C=O) groups is 2. The molecule has 0 bridgehead atoms. The molecule has 2 aliphatic rings. The molecule has 0 atom stereocenters. The number of aryl methyl sites for hydroxylation is 1. The maximum absolute atomic E-state index is 12.6. The molecule has 1 amide bonds. The van der Waals surface area contributed by atoms with E-state index in [0.717, 1.165) is 5.56 Å². The number of amides is 1. The molecule has 0 spiro atoms. The van der Waals surface area contributed by atoms with Crippen LogP contribution in [-0.4, -0.2) is 31.4 Å². The van der Waals surface area contributed by atoms with Crippen LogP contribution >= 0.6 is 0 Å². The van der Waals surface area contributed by atoms with Gasteiger partial charge in [-0.15, -0.1) is 0 Å². The molecule has 25 heavy (non-hydrogen) atoms. The summed E-state index contributed by atoms with van der Waals surface area (Å²) < 4.78 is 28.0. The third-order valence-corrected chi connectivity index (χ3v) is 6.43. The molecule has 1 aliphatic carbocycles. The lowest BCUT2D eigenvalue weighted by atomic mass is 9.87. The van der Waals surface area contributed by atoms with Gasteiger partial charge in [-0.1, -0.05) is 0 Å². The first-order valence-electron chi connectivity index (χ1n) is 8.53. The zero-order valence-electron chi connectivity index (χ0n) is 13.8. The first kappa shape index (κ1) is 17.9. The normalized spacial score (nSPS) is 24.1. The summed E-state index contributed by atoms with van der Waals surface area (Å²) in [5.74, 6) is -1.24. The number of fused-ring (bicyclic) bond motifs is 1. The molecule has 1 aromatic carbocycles. The van der Waals surface area contributed by atoms with E-state index in [0.29, 0.717) is 50.6 Å². The van der Waals surface area contributed by atoms with Gasteiger partial charge in [-0.05, 0) is 62.3 Å². The minimum atomic E-state index is -3.67. The number of nitrogens with one attached hydrogen (secondary N) is 2. The second-order valence-corrected chi connectivity index (χ2v) is 8.44. The molecule has 1 saturated carbocycles. The van der Waals surface area contributed by atoms with Gasteiger partial charge in [0.2, 0.25) is 15.9 Å². The van der Waals surface area contributed by atoms with Crippen molar-refractivity contribution in [3.8, 4) is 0 Å². The predicted octanol–water partition coefficient (Wildman–Crippen LogP) is 1.88. The van der Waals surface area contributed by atoms with Gasteiger partial charge in [0.05, 0.1) is 10.8 Å². The van der Waals surface area contributed by atoms with E-state index < -0.39 is 16.0 Å². The largest absolute Gasteiger partial charge is 0.481 e. The maximum Gasteiger partial charge on any atom is 0.306 e. The van der Waals surface area contributed by atoms with Crippen molar-refractivity contribution < 1.29 is 23.1 Å². The van der Waals surface area contributed by atoms with Crippen LogP contribution in [0.3, 0.4) is 0 Å². The monoisotopic (exact) mass is 366 g/mol. The van der Waals surface area contributed by atoms with Crippen LogP contribution in [0.2, 0.25) is 0 Å². The van der Waals surface area contributed by atoms with E-state index in [2.05, 4.69) is 10.0 Å². The van der Waals surface area contributed by atoms with Gasteiger partial charge in [-0.2, -0.15) is 0 Å². The van der Waals surface area contributed by atoms with Crippen molar-refractivity contribution in [2.24, 2.45) is 5.92 Å². The minimum Gasteiger partial charge on any atom is -0.481 e. The number of benzene rings is 1. The standard InChI is InChI=1S/C17H22N2O5S/c20-16-3-1-2-12-10-14(8-9-15(12)18-16)25(23,24)19-13-6-4-11(5-7-13)17(21)22/h8-11,13,19H,1-7H2,(H,18,20)(H,21,22). The average molecular weight is 366 g/mol. The molecule has 1 aromatic rings. The summed E-state index contributed by atoms with van der Waals surface area (Å²) >= 11 is 0. The van der Waals surface area contributed by atoms with Crippen molar-refractivity contribution >= 4 is 27.6 Å². The Hall–Kier alpha value is -1.93. The van der Waals surface area contributed by atoms with Gasteiger partial charge in [0.1, 0.15) is 0 Å². The Labute approximate surface area is 146 Å². The third-order valence-electron chi connectivity index (χ3n) is 4.91. The molecule has 136 valence electrons. The fourth-order valence-corrected chi connectivity index (χ4v) is 4.82. The fourth-order valence-electron chi connectivity index (χ4n) is 3.46. The lowest BCUT2D eigenvalue weighted by molar-refractivity contribution is -0.142. The van der Waals surface area contributed by atoms with E-state index >= 15 is 0 Å². The lowest BCUT2D eigenvalue weighted by Crippen LogP contribution is -2.38. The van der Waals surface area contributed by atoms with Gasteiger partial charge in [-0.25, -0.2) is 13.1 Å². The van der Waals surface area contributed by atoms with Crippen LogP contribution in [0.25, 0.3) is 0 Å². The number of sulfonamides is 1. The molecule has 8 heteroatoms. The predicted molar refractivity (Wildman–Crippen MR) is 91.7 cm³/mol. The fraction of sp³-hybridized carbons (Fsp3) is 0.529. The second kappa shape index (κ2) is 7.13. The van der Waals surface area contributed by atoms with Gasteiger partial charge in [-0.3, -0.25) is 9.59 Å². The maximum atomic E-state index is 12.6. The van der Waals surface area contributed by atoms with Crippen molar-refractivity contribution in [3.63, 3.8) is 0 Å². The SMILES string of the molecule is O=C1CCCc2cc(S(=O)(=O)NC3CCC(C(=O)O)CC3)ccc2N1. The quantitative estimate of drug-likeness (QED) is 0.753. The van der Waals surface area contributed by atoms with Crippen molar-refractivity contribution in [2.75, 3.05) is 5.32 Å². The lowest BCUT2D eigenvalue weighted by Gasteiger charge is -2.26. The van der Waals surface area contributed by atoms with E-state index in [-0.39, 0.29) is 22.8 Å². The molecule has 1 fully saturated rings. The summed E-state index contributed by atoms with van der Waals surface area (Å²) in [7, 11) is -3.67. The van der Waals surface area contributed by atoms with Crippen LogP contribution in [0.1, 0.15) is 44.1 Å². The molecule has 0 aromatic heterocycles. The Morgan fingerprint density at radius 2 is 1.88 bits per heavy atom. The Bertz CT molecular complexity index is 782. The molecule has 7 nitrogen and oxygen atoms in total. The first-order chi connectivity index (χ1) is 11.8. The van der Waals surface area contributed by atoms with E-state index in [9.17, 15) is 18.0 Å². The topological polar surface area (TPSA) is 113 Å². The highest BCUT2D eigenvalue weighted by Crippen LogP contribution is 2.28. The summed E-state index contributed by atoms with van der Waals surface area (Å²) in [6, 6.07) is 4.51.